The Kier molecular flexibility index (Phi) is 6.00. The van der Waals surface area contributed by atoms with Crippen LogP contribution in [0.5, 0.6) is 0 Å². The van der Waals surface area contributed by atoms with Crippen LogP contribution >= 0.6 is 0 Å². The first-order valence-corrected chi connectivity index (χ1v) is 11.4. The number of benzene rings is 2. The average Bonchev–Trinajstić information content (AvgIpc) is 3.24. The standard InChI is InChI=1S/C24H23F3N4O4/c25-18-13-15(29-14-16(35-24(29)34)6-8-21(32)22(26)27)5-7-20(18)28-9-11-30-19-4-2-1-3-17(19)23(33)31(30)12-10-28/h1-5,7,13,16,22H,6,8-12,14H2/t16-/m0/s1. The SMILES string of the molecule is O=C(CC[C@H]1CN(c2ccc(N3CCn4c(=O)c5ccccc5n4CC3)c(F)c2)C(=O)O1)C(F)F. The maximum atomic E-state index is 15.2. The van der Waals surface area contributed by atoms with Crippen molar-refractivity contribution < 1.29 is 27.5 Å². The minimum atomic E-state index is -3.05. The number of fused-ring (bicyclic) bond motifs is 3. The molecular weight excluding hydrogens is 465 g/mol. The van der Waals surface area contributed by atoms with Gasteiger partial charge in [-0.2, -0.15) is 0 Å². The number of nitrogens with zero attached hydrogens (tertiary/aromatic N) is 4. The van der Waals surface area contributed by atoms with E-state index >= 15 is 4.39 Å². The molecule has 35 heavy (non-hydrogen) atoms. The van der Waals surface area contributed by atoms with E-state index in [9.17, 15) is 23.2 Å². The van der Waals surface area contributed by atoms with Crippen molar-refractivity contribution in [2.24, 2.45) is 0 Å². The molecule has 2 aliphatic rings. The molecule has 0 unspecified atom stereocenters. The summed E-state index contributed by atoms with van der Waals surface area (Å²) in [5.74, 6) is -1.73. The summed E-state index contributed by atoms with van der Waals surface area (Å²) in [7, 11) is 0. The van der Waals surface area contributed by atoms with Gasteiger partial charge in [-0.15, -0.1) is 0 Å². The second-order valence-electron chi connectivity index (χ2n) is 8.61. The summed E-state index contributed by atoms with van der Waals surface area (Å²) >= 11 is 0. The third-order valence-electron chi connectivity index (χ3n) is 6.52. The normalized spacial score (nSPS) is 18.2. The van der Waals surface area contributed by atoms with Crippen LogP contribution in [-0.4, -0.2) is 53.4 Å². The van der Waals surface area contributed by atoms with E-state index in [1.54, 1.807) is 22.9 Å². The molecule has 8 nitrogen and oxygen atoms in total. The van der Waals surface area contributed by atoms with Crippen LogP contribution in [0.15, 0.2) is 47.3 Å². The van der Waals surface area contributed by atoms with Gasteiger partial charge < -0.3 is 9.64 Å². The van der Waals surface area contributed by atoms with Gasteiger partial charge in [0.1, 0.15) is 11.9 Å². The Morgan fingerprint density at radius 3 is 2.51 bits per heavy atom. The summed E-state index contributed by atoms with van der Waals surface area (Å²) in [5.41, 5.74) is 1.40. The summed E-state index contributed by atoms with van der Waals surface area (Å²) in [6.07, 6.45) is -4.90. The van der Waals surface area contributed by atoms with Crippen molar-refractivity contribution in [1.29, 1.82) is 0 Å². The Morgan fingerprint density at radius 1 is 1.03 bits per heavy atom. The Morgan fingerprint density at radius 2 is 1.77 bits per heavy atom. The van der Waals surface area contributed by atoms with E-state index in [0.717, 1.165) is 5.52 Å². The van der Waals surface area contributed by atoms with E-state index in [0.29, 0.717) is 37.3 Å². The van der Waals surface area contributed by atoms with Crippen molar-refractivity contribution in [3.63, 3.8) is 0 Å². The van der Waals surface area contributed by atoms with Gasteiger partial charge in [0.05, 0.1) is 41.9 Å². The highest BCUT2D eigenvalue weighted by Crippen LogP contribution is 2.29. The first-order chi connectivity index (χ1) is 16.8. The lowest BCUT2D eigenvalue weighted by atomic mass is 10.1. The van der Waals surface area contributed by atoms with E-state index in [1.165, 1.54) is 11.0 Å². The number of Topliss-reactive ketones (excluding diaryl/α,β-unsaturated/α-hetero) is 1. The van der Waals surface area contributed by atoms with Crippen LogP contribution in [0.2, 0.25) is 0 Å². The molecule has 0 bridgehead atoms. The number of ketones is 1. The summed E-state index contributed by atoms with van der Waals surface area (Å²) in [4.78, 5) is 39.2. The predicted molar refractivity (Wildman–Crippen MR) is 123 cm³/mol. The van der Waals surface area contributed by atoms with Crippen LogP contribution in [0.1, 0.15) is 12.8 Å². The zero-order valence-electron chi connectivity index (χ0n) is 18.7. The maximum Gasteiger partial charge on any atom is 0.414 e. The highest BCUT2D eigenvalue weighted by Gasteiger charge is 2.33. The number of cyclic esters (lactones) is 1. The van der Waals surface area contributed by atoms with Crippen LogP contribution in [0.25, 0.3) is 10.9 Å². The number of anilines is 2. The molecule has 0 spiro atoms. The van der Waals surface area contributed by atoms with E-state index in [2.05, 4.69) is 0 Å². The lowest BCUT2D eigenvalue weighted by Crippen LogP contribution is -2.29. The highest BCUT2D eigenvalue weighted by molar-refractivity contribution is 5.90. The summed E-state index contributed by atoms with van der Waals surface area (Å²) in [6, 6.07) is 11.8. The molecule has 3 heterocycles. The molecule has 3 aromatic rings. The van der Waals surface area contributed by atoms with Crippen LogP contribution < -0.4 is 15.4 Å². The largest absolute Gasteiger partial charge is 0.444 e. The first-order valence-electron chi connectivity index (χ1n) is 11.4. The second-order valence-corrected chi connectivity index (χ2v) is 8.61. The number of para-hydroxylation sites is 1. The number of hydrogen-bond donors (Lipinski definition) is 0. The zero-order valence-corrected chi connectivity index (χ0v) is 18.7. The van der Waals surface area contributed by atoms with E-state index in [1.807, 2.05) is 27.8 Å². The van der Waals surface area contributed by atoms with E-state index in [4.69, 9.17) is 4.74 Å². The van der Waals surface area contributed by atoms with Crippen molar-refractivity contribution >= 4 is 34.2 Å². The lowest BCUT2D eigenvalue weighted by molar-refractivity contribution is -0.129. The molecule has 1 saturated heterocycles. The Labute approximate surface area is 198 Å². The first kappa shape index (κ1) is 23.0. The number of amides is 1. The molecule has 184 valence electrons. The van der Waals surface area contributed by atoms with Gasteiger partial charge in [0.25, 0.3) is 12.0 Å². The van der Waals surface area contributed by atoms with Gasteiger partial charge in [-0.3, -0.25) is 19.2 Å². The number of carbonyl (C=O) groups excluding carboxylic acids is 2. The van der Waals surface area contributed by atoms with Gasteiger partial charge in [-0.05, 0) is 36.8 Å². The number of carbonyl (C=O) groups is 2. The molecule has 0 aliphatic carbocycles. The van der Waals surface area contributed by atoms with Gasteiger partial charge in [0.2, 0.25) is 0 Å². The van der Waals surface area contributed by atoms with E-state index < -0.39 is 36.6 Å². The number of rotatable bonds is 6. The number of aromatic nitrogens is 2. The minimum absolute atomic E-state index is 0.0192. The molecule has 5 rings (SSSR count). The molecule has 1 atom stereocenters. The van der Waals surface area contributed by atoms with Gasteiger partial charge >= 0.3 is 6.09 Å². The van der Waals surface area contributed by atoms with Crippen molar-refractivity contribution in [3.8, 4) is 0 Å². The van der Waals surface area contributed by atoms with Crippen LogP contribution in [0.3, 0.4) is 0 Å². The predicted octanol–water partition coefficient (Wildman–Crippen LogP) is 3.40. The molecule has 2 aliphatic heterocycles. The summed E-state index contributed by atoms with van der Waals surface area (Å²) in [5, 5.41) is 0.658. The number of alkyl halides is 2. The Hall–Kier alpha value is -3.76. The molecule has 1 amide bonds. The number of hydrogen-bond acceptors (Lipinski definition) is 5. The zero-order chi connectivity index (χ0) is 24.7. The molecule has 11 heteroatoms. The molecular formula is C24H23F3N4O4. The van der Waals surface area contributed by atoms with Crippen molar-refractivity contribution in [2.75, 3.05) is 29.4 Å². The molecule has 1 fully saturated rings. The fraction of sp³-hybridized carbons (Fsp3) is 0.375. The monoisotopic (exact) mass is 488 g/mol. The molecule has 1 aromatic heterocycles. The van der Waals surface area contributed by atoms with Crippen LogP contribution in [-0.2, 0) is 22.6 Å². The average molecular weight is 488 g/mol. The maximum absolute atomic E-state index is 15.2. The van der Waals surface area contributed by atoms with Crippen molar-refractivity contribution in [2.45, 2.75) is 38.5 Å². The molecule has 0 radical (unpaired) electrons. The van der Waals surface area contributed by atoms with E-state index in [-0.39, 0.29) is 24.2 Å². The van der Waals surface area contributed by atoms with Crippen molar-refractivity contribution in [1.82, 2.24) is 9.36 Å². The Balaban J connectivity index is 1.29. The quantitative estimate of drug-likeness (QED) is 0.532. The lowest BCUT2D eigenvalue weighted by Gasteiger charge is -2.24. The topological polar surface area (TPSA) is 76.8 Å². The van der Waals surface area contributed by atoms with Gasteiger partial charge in [0.15, 0.2) is 5.78 Å². The number of ether oxygens (including phenoxy) is 1. The molecule has 2 aromatic carbocycles. The smallest absolute Gasteiger partial charge is 0.414 e. The second kappa shape index (κ2) is 9.12. The van der Waals surface area contributed by atoms with Crippen LogP contribution in [0.4, 0.5) is 29.3 Å². The Bertz CT molecular complexity index is 1350. The molecule has 0 N–H and O–H groups in total. The minimum Gasteiger partial charge on any atom is -0.444 e. The van der Waals surface area contributed by atoms with Crippen molar-refractivity contribution in [3.05, 3.63) is 58.6 Å². The van der Waals surface area contributed by atoms with Gasteiger partial charge in [0, 0.05) is 19.5 Å². The van der Waals surface area contributed by atoms with Crippen LogP contribution in [0, 0.1) is 5.82 Å². The fourth-order valence-corrected chi connectivity index (χ4v) is 4.72. The van der Waals surface area contributed by atoms with Gasteiger partial charge in [-0.25, -0.2) is 22.6 Å². The number of halogens is 3. The third-order valence-corrected chi connectivity index (χ3v) is 6.52. The third kappa shape index (κ3) is 4.26. The summed E-state index contributed by atoms with van der Waals surface area (Å²) in [6.45, 7) is 1.86. The van der Waals surface area contributed by atoms with Gasteiger partial charge in [-0.1, -0.05) is 12.1 Å². The highest BCUT2D eigenvalue weighted by atomic mass is 19.3. The fourth-order valence-electron chi connectivity index (χ4n) is 4.72. The summed E-state index contributed by atoms with van der Waals surface area (Å²) < 4.78 is 48.7. The molecule has 0 saturated carbocycles.